The minimum Gasteiger partial charge on any atom is -0.480 e. The van der Waals surface area contributed by atoms with Crippen molar-refractivity contribution in [3.8, 4) is 0 Å². The van der Waals surface area contributed by atoms with E-state index in [0.29, 0.717) is 0 Å². The SMILES string of the molecule is CCCN(CC(=O)O)c1ccncc1. The summed E-state index contributed by atoms with van der Waals surface area (Å²) in [6.07, 6.45) is 4.26. The van der Waals surface area contributed by atoms with E-state index in [0.717, 1.165) is 18.7 Å². The van der Waals surface area contributed by atoms with Gasteiger partial charge in [0.1, 0.15) is 6.54 Å². The van der Waals surface area contributed by atoms with Crippen molar-refractivity contribution in [1.82, 2.24) is 4.98 Å². The third-order valence-electron chi connectivity index (χ3n) is 1.85. The first-order chi connectivity index (χ1) is 6.74. The molecule has 1 aromatic heterocycles. The Morgan fingerprint density at radius 2 is 2.14 bits per heavy atom. The molecule has 14 heavy (non-hydrogen) atoms. The number of nitrogens with zero attached hydrogens (tertiary/aromatic N) is 2. The second-order valence-corrected chi connectivity index (χ2v) is 3.02. The molecule has 0 aliphatic heterocycles. The zero-order valence-electron chi connectivity index (χ0n) is 8.18. The molecule has 0 aliphatic rings. The van der Waals surface area contributed by atoms with Gasteiger partial charge in [0.2, 0.25) is 0 Å². The highest BCUT2D eigenvalue weighted by atomic mass is 16.4. The van der Waals surface area contributed by atoms with Crippen molar-refractivity contribution >= 4 is 11.7 Å². The standard InChI is InChI=1S/C10H14N2O2/c1-2-7-12(8-10(13)14)9-3-5-11-6-4-9/h3-6H,2,7-8H2,1H3,(H,13,14). The number of pyridine rings is 1. The number of rotatable bonds is 5. The Balaban J connectivity index is 2.72. The number of carboxylic acid groups (broad SMARTS) is 1. The van der Waals surface area contributed by atoms with Crippen LogP contribution in [-0.2, 0) is 4.79 Å². The van der Waals surface area contributed by atoms with Crippen LogP contribution in [0.4, 0.5) is 5.69 Å². The van der Waals surface area contributed by atoms with E-state index in [1.807, 2.05) is 24.0 Å². The molecule has 0 spiro atoms. The van der Waals surface area contributed by atoms with Crippen LogP contribution in [-0.4, -0.2) is 29.1 Å². The lowest BCUT2D eigenvalue weighted by atomic mass is 10.3. The van der Waals surface area contributed by atoms with Crippen LogP contribution in [0, 0.1) is 0 Å². The van der Waals surface area contributed by atoms with Gasteiger partial charge in [-0.15, -0.1) is 0 Å². The van der Waals surface area contributed by atoms with Gasteiger partial charge in [-0.1, -0.05) is 6.92 Å². The second kappa shape index (κ2) is 5.21. The maximum Gasteiger partial charge on any atom is 0.323 e. The molecule has 0 fully saturated rings. The summed E-state index contributed by atoms with van der Waals surface area (Å²) in [4.78, 5) is 16.3. The van der Waals surface area contributed by atoms with Crippen molar-refractivity contribution in [2.75, 3.05) is 18.0 Å². The van der Waals surface area contributed by atoms with Gasteiger partial charge in [-0.3, -0.25) is 9.78 Å². The molecule has 0 atom stereocenters. The average molecular weight is 194 g/mol. The molecule has 4 heteroatoms. The molecule has 0 aromatic carbocycles. The fourth-order valence-corrected chi connectivity index (χ4v) is 1.29. The van der Waals surface area contributed by atoms with Crippen LogP contribution in [0.15, 0.2) is 24.5 Å². The molecule has 0 unspecified atom stereocenters. The van der Waals surface area contributed by atoms with Crippen LogP contribution in [0.3, 0.4) is 0 Å². The van der Waals surface area contributed by atoms with Crippen LogP contribution in [0.5, 0.6) is 0 Å². The van der Waals surface area contributed by atoms with E-state index in [1.54, 1.807) is 12.4 Å². The van der Waals surface area contributed by atoms with E-state index >= 15 is 0 Å². The van der Waals surface area contributed by atoms with Crippen molar-refractivity contribution in [3.05, 3.63) is 24.5 Å². The first-order valence-electron chi connectivity index (χ1n) is 4.60. The Labute approximate surface area is 83.2 Å². The van der Waals surface area contributed by atoms with Crippen LogP contribution >= 0.6 is 0 Å². The van der Waals surface area contributed by atoms with Gasteiger partial charge in [-0.25, -0.2) is 0 Å². The summed E-state index contributed by atoms with van der Waals surface area (Å²) in [7, 11) is 0. The highest BCUT2D eigenvalue weighted by Gasteiger charge is 2.08. The highest BCUT2D eigenvalue weighted by Crippen LogP contribution is 2.11. The Morgan fingerprint density at radius 3 is 2.64 bits per heavy atom. The molecule has 1 aromatic rings. The molecule has 0 saturated carbocycles. The van der Waals surface area contributed by atoms with Crippen LogP contribution < -0.4 is 4.90 Å². The molecule has 76 valence electrons. The quantitative estimate of drug-likeness (QED) is 0.769. The van der Waals surface area contributed by atoms with Crippen molar-refractivity contribution in [2.45, 2.75) is 13.3 Å². The van der Waals surface area contributed by atoms with Crippen molar-refractivity contribution in [2.24, 2.45) is 0 Å². The molecular formula is C10H14N2O2. The lowest BCUT2D eigenvalue weighted by Gasteiger charge is -2.21. The number of aromatic nitrogens is 1. The minimum atomic E-state index is -0.810. The Morgan fingerprint density at radius 1 is 1.50 bits per heavy atom. The summed E-state index contributed by atoms with van der Waals surface area (Å²) in [5.74, 6) is -0.810. The van der Waals surface area contributed by atoms with Gasteiger partial charge in [-0.2, -0.15) is 0 Å². The largest absolute Gasteiger partial charge is 0.480 e. The van der Waals surface area contributed by atoms with Gasteiger partial charge in [-0.05, 0) is 18.6 Å². The number of aliphatic carboxylic acids is 1. The van der Waals surface area contributed by atoms with E-state index in [-0.39, 0.29) is 6.54 Å². The van der Waals surface area contributed by atoms with E-state index in [9.17, 15) is 4.79 Å². The molecule has 0 amide bonds. The lowest BCUT2D eigenvalue weighted by molar-refractivity contribution is -0.135. The Hall–Kier alpha value is -1.58. The summed E-state index contributed by atoms with van der Waals surface area (Å²) < 4.78 is 0. The number of carboxylic acids is 1. The first-order valence-corrected chi connectivity index (χ1v) is 4.60. The summed E-state index contributed by atoms with van der Waals surface area (Å²) in [5, 5.41) is 8.71. The molecule has 0 bridgehead atoms. The normalized spacial score (nSPS) is 9.79. The number of hydrogen-bond acceptors (Lipinski definition) is 3. The predicted octanol–water partition coefficient (Wildman–Crippen LogP) is 1.38. The van der Waals surface area contributed by atoms with E-state index < -0.39 is 5.97 Å². The molecule has 0 aliphatic carbocycles. The fourth-order valence-electron chi connectivity index (χ4n) is 1.29. The smallest absolute Gasteiger partial charge is 0.323 e. The monoisotopic (exact) mass is 194 g/mol. The summed E-state index contributed by atoms with van der Waals surface area (Å²) >= 11 is 0. The number of hydrogen-bond donors (Lipinski definition) is 1. The number of carbonyl (C=O) groups is 1. The van der Waals surface area contributed by atoms with Gasteiger partial charge < -0.3 is 10.0 Å². The molecule has 4 nitrogen and oxygen atoms in total. The molecule has 0 radical (unpaired) electrons. The van der Waals surface area contributed by atoms with Crippen molar-refractivity contribution in [1.29, 1.82) is 0 Å². The maximum absolute atomic E-state index is 10.6. The zero-order chi connectivity index (χ0) is 10.4. The summed E-state index contributed by atoms with van der Waals surface area (Å²) in [6.45, 7) is 2.81. The average Bonchev–Trinajstić information content (AvgIpc) is 2.18. The first kappa shape index (κ1) is 10.5. The van der Waals surface area contributed by atoms with Crippen LogP contribution in [0.2, 0.25) is 0 Å². The lowest BCUT2D eigenvalue weighted by Crippen LogP contribution is -2.30. The van der Waals surface area contributed by atoms with Crippen molar-refractivity contribution < 1.29 is 9.90 Å². The number of anilines is 1. The van der Waals surface area contributed by atoms with E-state index in [1.165, 1.54) is 0 Å². The van der Waals surface area contributed by atoms with Crippen molar-refractivity contribution in [3.63, 3.8) is 0 Å². The minimum absolute atomic E-state index is 0.0395. The fraction of sp³-hybridized carbons (Fsp3) is 0.400. The highest BCUT2D eigenvalue weighted by molar-refractivity contribution is 5.73. The molecule has 1 heterocycles. The molecule has 0 saturated heterocycles. The van der Waals surface area contributed by atoms with Gasteiger partial charge in [0, 0.05) is 24.6 Å². The Bertz CT molecular complexity index is 287. The topological polar surface area (TPSA) is 53.4 Å². The summed E-state index contributed by atoms with van der Waals surface area (Å²) in [6, 6.07) is 3.64. The van der Waals surface area contributed by atoms with Crippen LogP contribution in [0.25, 0.3) is 0 Å². The third-order valence-corrected chi connectivity index (χ3v) is 1.85. The second-order valence-electron chi connectivity index (χ2n) is 3.02. The Kier molecular flexibility index (Phi) is 3.91. The maximum atomic E-state index is 10.6. The third kappa shape index (κ3) is 3.05. The van der Waals surface area contributed by atoms with Gasteiger partial charge in [0.25, 0.3) is 0 Å². The molecule has 1 rings (SSSR count). The summed E-state index contributed by atoms with van der Waals surface area (Å²) in [5.41, 5.74) is 0.907. The van der Waals surface area contributed by atoms with E-state index in [2.05, 4.69) is 4.98 Å². The predicted molar refractivity (Wildman–Crippen MR) is 54.4 cm³/mol. The van der Waals surface area contributed by atoms with Crippen LogP contribution in [0.1, 0.15) is 13.3 Å². The zero-order valence-corrected chi connectivity index (χ0v) is 8.18. The molecule has 1 N–H and O–H groups in total. The molecular weight excluding hydrogens is 180 g/mol. The van der Waals surface area contributed by atoms with E-state index in [4.69, 9.17) is 5.11 Å². The van der Waals surface area contributed by atoms with Gasteiger partial charge in [0.15, 0.2) is 0 Å². The van der Waals surface area contributed by atoms with Gasteiger partial charge in [0.05, 0.1) is 0 Å². The van der Waals surface area contributed by atoms with Gasteiger partial charge >= 0.3 is 5.97 Å².